The molecule has 0 aliphatic heterocycles. The molecule has 0 atom stereocenters. The molecule has 130 valence electrons. The van der Waals surface area contributed by atoms with Gasteiger partial charge in [0.15, 0.2) is 5.78 Å². The van der Waals surface area contributed by atoms with Gasteiger partial charge in [-0.05, 0) is 49.4 Å². The van der Waals surface area contributed by atoms with Crippen LogP contribution in [0.4, 0.5) is 0 Å². The number of benzene rings is 1. The summed E-state index contributed by atoms with van der Waals surface area (Å²) < 4.78 is 16.4. The maximum atomic E-state index is 11.7. The Kier molecular flexibility index (Phi) is 5.36. The average Bonchev–Trinajstić information content (AvgIpc) is 3.28. The Morgan fingerprint density at radius 1 is 1.00 bits per heavy atom. The van der Waals surface area contributed by atoms with Crippen molar-refractivity contribution in [3.05, 3.63) is 77.6 Å². The van der Waals surface area contributed by atoms with Crippen LogP contribution in [0.5, 0.6) is 5.75 Å². The Labute approximate surface area is 146 Å². The van der Waals surface area contributed by atoms with Gasteiger partial charge in [0.25, 0.3) is 0 Å². The lowest BCUT2D eigenvalue weighted by molar-refractivity contribution is 0.101. The second-order valence-corrected chi connectivity index (χ2v) is 5.89. The summed E-state index contributed by atoms with van der Waals surface area (Å²) >= 11 is 0. The van der Waals surface area contributed by atoms with Gasteiger partial charge in [0.2, 0.25) is 0 Å². The van der Waals surface area contributed by atoms with E-state index in [1.54, 1.807) is 32.6 Å². The molecule has 0 bridgehead atoms. The monoisotopic (exact) mass is 339 g/mol. The van der Waals surface area contributed by atoms with Crippen LogP contribution in [0.2, 0.25) is 0 Å². The summed E-state index contributed by atoms with van der Waals surface area (Å²) in [7, 11) is 1.63. The molecule has 0 spiro atoms. The van der Waals surface area contributed by atoms with Gasteiger partial charge >= 0.3 is 0 Å². The fourth-order valence-electron chi connectivity index (χ4n) is 2.78. The molecule has 0 aliphatic rings. The Morgan fingerprint density at radius 3 is 2.12 bits per heavy atom. The van der Waals surface area contributed by atoms with E-state index in [1.807, 2.05) is 36.4 Å². The number of ether oxygens (including phenoxy) is 1. The lowest BCUT2D eigenvalue weighted by Gasteiger charge is -2.22. The van der Waals surface area contributed by atoms with Crippen LogP contribution in [0.25, 0.3) is 0 Å². The molecule has 0 amide bonds. The van der Waals surface area contributed by atoms with Crippen molar-refractivity contribution in [1.29, 1.82) is 0 Å². The fraction of sp³-hybridized carbons (Fsp3) is 0.250. The molecular weight excluding hydrogens is 318 g/mol. The molecule has 1 aromatic carbocycles. The van der Waals surface area contributed by atoms with Crippen LogP contribution in [-0.4, -0.2) is 17.8 Å². The number of rotatable bonds is 8. The maximum Gasteiger partial charge on any atom is 0.159 e. The highest BCUT2D eigenvalue weighted by Crippen LogP contribution is 2.24. The predicted octanol–water partition coefficient (Wildman–Crippen LogP) is 4.29. The predicted molar refractivity (Wildman–Crippen MR) is 93.4 cm³/mol. The highest BCUT2D eigenvalue weighted by molar-refractivity contribution is 5.94. The first-order valence-electron chi connectivity index (χ1n) is 8.10. The van der Waals surface area contributed by atoms with Gasteiger partial charge in [-0.25, -0.2) is 0 Å². The molecule has 0 saturated heterocycles. The van der Waals surface area contributed by atoms with Gasteiger partial charge in [0, 0.05) is 17.7 Å². The first-order valence-corrected chi connectivity index (χ1v) is 8.10. The summed E-state index contributed by atoms with van der Waals surface area (Å²) in [4.78, 5) is 13.9. The molecule has 3 rings (SSSR count). The van der Waals surface area contributed by atoms with Crippen LogP contribution in [0.3, 0.4) is 0 Å². The summed E-state index contributed by atoms with van der Waals surface area (Å²) in [6.07, 6.45) is 3.33. The minimum absolute atomic E-state index is 0.0347. The van der Waals surface area contributed by atoms with E-state index >= 15 is 0 Å². The van der Waals surface area contributed by atoms with Gasteiger partial charge in [-0.2, -0.15) is 0 Å². The zero-order chi connectivity index (χ0) is 17.6. The Hall–Kier alpha value is -2.79. The number of hydrogen-bond donors (Lipinski definition) is 0. The molecule has 2 heterocycles. The van der Waals surface area contributed by atoms with Gasteiger partial charge in [0.05, 0.1) is 32.7 Å². The van der Waals surface area contributed by atoms with Crippen LogP contribution in [0.15, 0.2) is 63.8 Å². The van der Waals surface area contributed by atoms with Crippen molar-refractivity contribution in [2.45, 2.75) is 26.6 Å². The largest absolute Gasteiger partial charge is 0.496 e. The van der Waals surface area contributed by atoms with Crippen LogP contribution >= 0.6 is 0 Å². The molecule has 25 heavy (non-hydrogen) atoms. The number of nitrogens with zero attached hydrogens (tertiary/aromatic N) is 1. The summed E-state index contributed by atoms with van der Waals surface area (Å²) in [5.41, 5.74) is 1.63. The Bertz CT molecular complexity index is 770. The van der Waals surface area contributed by atoms with Crippen molar-refractivity contribution in [1.82, 2.24) is 4.90 Å². The van der Waals surface area contributed by atoms with E-state index in [4.69, 9.17) is 13.6 Å². The fourth-order valence-corrected chi connectivity index (χ4v) is 2.78. The molecule has 3 aromatic rings. The molecule has 0 radical (unpaired) electrons. The SMILES string of the molecule is COc1ccc(C(C)=O)cc1CN(Cc1ccco1)Cc1ccco1. The van der Waals surface area contributed by atoms with Crippen LogP contribution in [0, 0.1) is 0 Å². The third-order valence-electron chi connectivity index (χ3n) is 4.00. The molecule has 0 saturated carbocycles. The summed E-state index contributed by atoms with van der Waals surface area (Å²) in [5, 5.41) is 0. The third kappa shape index (κ3) is 4.39. The number of carbonyl (C=O) groups is 1. The number of Topliss-reactive ketones (excluding diaryl/α,β-unsaturated/α-hetero) is 1. The molecule has 0 aliphatic carbocycles. The first kappa shape index (κ1) is 17.0. The van der Waals surface area contributed by atoms with E-state index in [0.717, 1.165) is 22.8 Å². The highest BCUT2D eigenvalue weighted by atomic mass is 16.5. The Balaban J connectivity index is 1.85. The molecule has 2 aromatic heterocycles. The standard InChI is InChI=1S/C20H21NO4/c1-15(22)16-7-8-20(23-2)17(11-16)12-21(13-18-5-3-9-24-18)14-19-6-4-10-25-19/h3-11H,12-14H2,1-2H3. The summed E-state index contributed by atoms with van der Waals surface area (Å²) in [5.74, 6) is 2.53. The van der Waals surface area contributed by atoms with E-state index in [9.17, 15) is 4.79 Å². The second-order valence-electron chi connectivity index (χ2n) is 5.89. The van der Waals surface area contributed by atoms with Crippen LogP contribution in [-0.2, 0) is 19.6 Å². The van der Waals surface area contributed by atoms with E-state index < -0.39 is 0 Å². The molecule has 0 unspecified atom stereocenters. The smallest absolute Gasteiger partial charge is 0.159 e. The Morgan fingerprint density at radius 2 is 1.64 bits per heavy atom. The molecule has 5 nitrogen and oxygen atoms in total. The minimum Gasteiger partial charge on any atom is -0.496 e. The zero-order valence-corrected chi connectivity index (χ0v) is 14.4. The summed E-state index contributed by atoms with van der Waals surface area (Å²) in [6, 6.07) is 13.1. The number of hydrogen-bond acceptors (Lipinski definition) is 5. The van der Waals surface area contributed by atoms with Crippen LogP contribution in [0.1, 0.15) is 34.4 Å². The number of carbonyl (C=O) groups excluding carboxylic acids is 1. The quantitative estimate of drug-likeness (QED) is 0.573. The molecule has 5 heteroatoms. The lowest BCUT2D eigenvalue weighted by atomic mass is 10.1. The molecule has 0 N–H and O–H groups in total. The first-order chi connectivity index (χ1) is 12.2. The van der Waals surface area contributed by atoms with Crippen molar-refractivity contribution in [3.8, 4) is 5.75 Å². The zero-order valence-electron chi connectivity index (χ0n) is 14.4. The van der Waals surface area contributed by atoms with E-state index in [0.29, 0.717) is 25.2 Å². The van der Waals surface area contributed by atoms with Gasteiger partial charge < -0.3 is 13.6 Å². The van der Waals surface area contributed by atoms with Crippen molar-refractivity contribution in [3.63, 3.8) is 0 Å². The lowest BCUT2D eigenvalue weighted by Crippen LogP contribution is -2.22. The third-order valence-corrected chi connectivity index (χ3v) is 4.00. The van der Waals surface area contributed by atoms with E-state index in [-0.39, 0.29) is 5.78 Å². The average molecular weight is 339 g/mol. The van der Waals surface area contributed by atoms with Gasteiger partial charge in [-0.15, -0.1) is 0 Å². The highest BCUT2D eigenvalue weighted by Gasteiger charge is 2.15. The summed E-state index contributed by atoms with van der Waals surface area (Å²) in [6.45, 7) is 3.42. The second kappa shape index (κ2) is 7.85. The van der Waals surface area contributed by atoms with Crippen molar-refractivity contribution < 1.29 is 18.4 Å². The van der Waals surface area contributed by atoms with Crippen LogP contribution < -0.4 is 4.74 Å². The van der Waals surface area contributed by atoms with Crippen molar-refractivity contribution in [2.75, 3.05) is 7.11 Å². The van der Waals surface area contributed by atoms with Gasteiger partial charge in [-0.1, -0.05) is 0 Å². The van der Waals surface area contributed by atoms with Gasteiger partial charge in [0.1, 0.15) is 17.3 Å². The van der Waals surface area contributed by atoms with E-state index in [1.165, 1.54) is 0 Å². The number of ketones is 1. The molecular formula is C20H21NO4. The normalized spacial score (nSPS) is 11.0. The topological polar surface area (TPSA) is 55.8 Å². The maximum absolute atomic E-state index is 11.7. The molecule has 0 fully saturated rings. The van der Waals surface area contributed by atoms with E-state index in [2.05, 4.69) is 4.90 Å². The number of methoxy groups -OCH3 is 1. The van der Waals surface area contributed by atoms with Crippen molar-refractivity contribution >= 4 is 5.78 Å². The minimum atomic E-state index is 0.0347. The van der Waals surface area contributed by atoms with Crippen molar-refractivity contribution in [2.24, 2.45) is 0 Å². The number of furan rings is 2. The van der Waals surface area contributed by atoms with Gasteiger partial charge in [-0.3, -0.25) is 9.69 Å².